The van der Waals surface area contributed by atoms with Crippen LogP contribution in [0.4, 0.5) is 0 Å². The SMILES string of the molecule is CCNC1CCC(NC(=O)c2ccoc2CC)CC1. The number of hydrogen-bond acceptors (Lipinski definition) is 3. The van der Waals surface area contributed by atoms with E-state index >= 15 is 0 Å². The van der Waals surface area contributed by atoms with Crippen molar-refractivity contribution in [3.05, 3.63) is 23.7 Å². The van der Waals surface area contributed by atoms with Gasteiger partial charge in [-0.25, -0.2) is 0 Å². The lowest BCUT2D eigenvalue weighted by Crippen LogP contribution is -2.42. The van der Waals surface area contributed by atoms with E-state index in [-0.39, 0.29) is 5.91 Å². The third kappa shape index (κ3) is 3.60. The van der Waals surface area contributed by atoms with E-state index in [9.17, 15) is 4.79 Å². The van der Waals surface area contributed by atoms with Crippen molar-refractivity contribution >= 4 is 5.91 Å². The van der Waals surface area contributed by atoms with Gasteiger partial charge in [0.1, 0.15) is 5.76 Å². The van der Waals surface area contributed by atoms with Crippen LogP contribution in [0.3, 0.4) is 0 Å². The maximum Gasteiger partial charge on any atom is 0.255 e. The number of amides is 1. The van der Waals surface area contributed by atoms with Gasteiger partial charge in [0.05, 0.1) is 11.8 Å². The molecule has 0 unspecified atom stereocenters. The van der Waals surface area contributed by atoms with Crippen molar-refractivity contribution < 1.29 is 9.21 Å². The molecule has 2 N–H and O–H groups in total. The molecule has 1 amide bonds. The van der Waals surface area contributed by atoms with Gasteiger partial charge >= 0.3 is 0 Å². The van der Waals surface area contributed by atoms with E-state index in [2.05, 4.69) is 17.6 Å². The number of hydrogen-bond donors (Lipinski definition) is 2. The van der Waals surface area contributed by atoms with Gasteiger partial charge in [0.25, 0.3) is 5.91 Å². The molecule has 0 radical (unpaired) electrons. The first kappa shape index (κ1) is 14.1. The van der Waals surface area contributed by atoms with E-state index in [0.717, 1.165) is 44.4 Å². The maximum absolute atomic E-state index is 12.2. The monoisotopic (exact) mass is 264 g/mol. The Labute approximate surface area is 114 Å². The highest BCUT2D eigenvalue weighted by Gasteiger charge is 2.23. The fraction of sp³-hybridized carbons (Fsp3) is 0.667. The average Bonchev–Trinajstić information content (AvgIpc) is 2.90. The second-order valence-electron chi connectivity index (χ2n) is 5.19. The molecule has 1 aromatic heterocycles. The molecule has 0 bridgehead atoms. The number of furan rings is 1. The largest absolute Gasteiger partial charge is 0.469 e. The van der Waals surface area contributed by atoms with E-state index in [1.807, 2.05) is 6.92 Å². The average molecular weight is 264 g/mol. The van der Waals surface area contributed by atoms with Gasteiger partial charge in [0, 0.05) is 18.5 Å². The predicted molar refractivity (Wildman–Crippen MR) is 75.3 cm³/mol. The first-order chi connectivity index (χ1) is 9.24. The molecule has 0 aromatic carbocycles. The number of nitrogens with one attached hydrogen (secondary N) is 2. The highest BCUT2D eigenvalue weighted by atomic mass is 16.3. The van der Waals surface area contributed by atoms with Crippen molar-refractivity contribution in [2.24, 2.45) is 0 Å². The topological polar surface area (TPSA) is 54.3 Å². The molecule has 4 heteroatoms. The Balaban J connectivity index is 1.84. The fourth-order valence-corrected chi connectivity index (χ4v) is 2.81. The van der Waals surface area contributed by atoms with E-state index < -0.39 is 0 Å². The molecule has 0 atom stereocenters. The third-order valence-electron chi connectivity index (χ3n) is 3.87. The standard InChI is InChI=1S/C15H24N2O2/c1-3-14-13(9-10-19-14)15(18)17-12-7-5-11(6-8-12)16-4-2/h9-12,16H,3-8H2,1-2H3,(H,17,18). The third-order valence-corrected chi connectivity index (χ3v) is 3.87. The number of aryl methyl sites for hydroxylation is 1. The zero-order valence-electron chi connectivity index (χ0n) is 11.9. The normalized spacial score (nSPS) is 23.3. The van der Waals surface area contributed by atoms with Crippen LogP contribution in [0.25, 0.3) is 0 Å². The molecule has 1 saturated carbocycles. The summed E-state index contributed by atoms with van der Waals surface area (Å²) < 4.78 is 5.30. The summed E-state index contributed by atoms with van der Waals surface area (Å²) in [7, 11) is 0. The number of rotatable bonds is 5. The Morgan fingerprint density at radius 2 is 1.95 bits per heavy atom. The first-order valence-corrected chi connectivity index (χ1v) is 7.35. The molecule has 1 aliphatic carbocycles. The minimum Gasteiger partial charge on any atom is -0.469 e. The lowest BCUT2D eigenvalue weighted by atomic mass is 9.91. The van der Waals surface area contributed by atoms with Crippen molar-refractivity contribution in [3.8, 4) is 0 Å². The van der Waals surface area contributed by atoms with Crippen LogP contribution < -0.4 is 10.6 Å². The van der Waals surface area contributed by atoms with Gasteiger partial charge in [0.15, 0.2) is 0 Å². The molecule has 106 valence electrons. The molecular formula is C15H24N2O2. The van der Waals surface area contributed by atoms with Crippen LogP contribution >= 0.6 is 0 Å². The van der Waals surface area contributed by atoms with Crippen LogP contribution in [0.1, 0.15) is 55.6 Å². The van der Waals surface area contributed by atoms with E-state index in [1.54, 1.807) is 12.3 Å². The summed E-state index contributed by atoms with van der Waals surface area (Å²) in [6, 6.07) is 2.69. The summed E-state index contributed by atoms with van der Waals surface area (Å²) in [6.07, 6.45) is 6.75. The summed E-state index contributed by atoms with van der Waals surface area (Å²) in [4.78, 5) is 12.2. The van der Waals surface area contributed by atoms with Crippen LogP contribution in [0.5, 0.6) is 0 Å². The molecule has 0 saturated heterocycles. The van der Waals surface area contributed by atoms with Gasteiger partial charge in [0.2, 0.25) is 0 Å². The second-order valence-corrected chi connectivity index (χ2v) is 5.19. The minimum absolute atomic E-state index is 0.0116. The quantitative estimate of drug-likeness (QED) is 0.859. The van der Waals surface area contributed by atoms with E-state index in [0.29, 0.717) is 17.6 Å². The van der Waals surface area contributed by atoms with Crippen LogP contribution in [0.15, 0.2) is 16.7 Å². The Bertz CT molecular complexity index is 406. The minimum atomic E-state index is 0.0116. The summed E-state index contributed by atoms with van der Waals surface area (Å²) in [5.41, 5.74) is 0.691. The van der Waals surface area contributed by atoms with Gasteiger partial charge in [-0.05, 0) is 38.3 Å². The molecule has 1 fully saturated rings. The van der Waals surface area contributed by atoms with Gasteiger partial charge < -0.3 is 15.1 Å². The number of carbonyl (C=O) groups is 1. The van der Waals surface area contributed by atoms with Crippen LogP contribution in [0, 0.1) is 0 Å². The Hall–Kier alpha value is -1.29. The zero-order valence-corrected chi connectivity index (χ0v) is 11.9. The first-order valence-electron chi connectivity index (χ1n) is 7.35. The lowest BCUT2D eigenvalue weighted by Gasteiger charge is -2.29. The molecule has 4 nitrogen and oxygen atoms in total. The second kappa shape index (κ2) is 6.75. The van der Waals surface area contributed by atoms with Crippen molar-refractivity contribution in [1.82, 2.24) is 10.6 Å². The van der Waals surface area contributed by atoms with Gasteiger partial charge in [-0.2, -0.15) is 0 Å². The molecule has 1 aliphatic rings. The zero-order chi connectivity index (χ0) is 13.7. The Kier molecular flexibility index (Phi) is 5.02. The Morgan fingerprint density at radius 1 is 1.26 bits per heavy atom. The van der Waals surface area contributed by atoms with Crippen LogP contribution in [-0.4, -0.2) is 24.5 Å². The molecule has 1 aromatic rings. The van der Waals surface area contributed by atoms with Gasteiger partial charge in [-0.15, -0.1) is 0 Å². The highest BCUT2D eigenvalue weighted by Crippen LogP contribution is 2.19. The Morgan fingerprint density at radius 3 is 2.58 bits per heavy atom. The van der Waals surface area contributed by atoms with Crippen molar-refractivity contribution in [2.75, 3.05) is 6.54 Å². The van der Waals surface area contributed by atoms with Crippen LogP contribution in [0.2, 0.25) is 0 Å². The smallest absolute Gasteiger partial charge is 0.255 e. The van der Waals surface area contributed by atoms with E-state index in [4.69, 9.17) is 4.42 Å². The van der Waals surface area contributed by atoms with Gasteiger partial charge in [-0.3, -0.25) is 4.79 Å². The highest BCUT2D eigenvalue weighted by molar-refractivity contribution is 5.95. The van der Waals surface area contributed by atoms with Crippen molar-refractivity contribution in [1.29, 1.82) is 0 Å². The summed E-state index contributed by atoms with van der Waals surface area (Å²) in [5.74, 6) is 0.788. The molecule has 19 heavy (non-hydrogen) atoms. The van der Waals surface area contributed by atoms with Crippen LogP contribution in [-0.2, 0) is 6.42 Å². The van der Waals surface area contributed by atoms with Gasteiger partial charge in [-0.1, -0.05) is 13.8 Å². The van der Waals surface area contributed by atoms with Crippen molar-refractivity contribution in [3.63, 3.8) is 0 Å². The molecule has 2 rings (SSSR count). The summed E-state index contributed by atoms with van der Waals surface area (Å²) >= 11 is 0. The maximum atomic E-state index is 12.2. The fourth-order valence-electron chi connectivity index (χ4n) is 2.81. The molecule has 1 heterocycles. The van der Waals surface area contributed by atoms with Crippen molar-refractivity contribution in [2.45, 2.75) is 58.0 Å². The summed E-state index contributed by atoms with van der Waals surface area (Å²) in [6.45, 7) is 5.16. The lowest BCUT2D eigenvalue weighted by molar-refractivity contribution is 0.0922. The molecule has 0 aliphatic heterocycles. The van der Waals surface area contributed by atoms with E-state index in [1.165, 1.54) is 0 Å². The summed E-state index contributed by atoms with van der Waals surface area (Å²) in [5, 5.41) is 6.61. The number of carbonyl (C=O) groups excluding carboxylic acids is 1. The molecular weight excluding hydrogens is 240 g/mol. The predicted octanol–water partition coefficient (Wildman–Crippen LogP) is 2.49. The molecule has 0 spiro atoms.